The summed E-state index contributed by atoms with van der Waals surface area (Å²) in [4.78, 5) is 23.8. The largest absolute Gasteiger partial charge is 0.496 e. The molecular formula is C15H11ClF2N2O3. The number of ether oxygens (including phenoxy) is 1. The Kier molecular flexibility index (Phi) is 5.13. The van der Waals surface area contributed by atoms with Crippen LogP contribution in [0.1, 0.15) is 20.7 Å². The minimum absolute atomic E-state index is 0.122. The Morgan fingerprint density at radius 2 is 1.61 bits per heavy atom. The second kappa shape index (κ2) is 7.06. The summed E-state index contributed by atoms with van der Waals surface area (Å²) in [6, 6.07) is 6.77. The minimum atomic E-state index is -1.04. The van der Waals surface area contributed by atoms with Gasteiger partial charge in [0.25, 0.3) is 11.8 Å². The van der Waals surface area contributed by atoms with Gasteiger partial charge in [0.15, 0.2) is 0 Å². The summed E-state index contributed by atoms with van der Waals surface area (Å²) in [6.45, 7) is 0. The molecule has 5 nitrogen and oxygen atoms in total. The van der Waals surface area contributed by atoms with Gasteiger partial charge in [-0.15, -0.1) is 0 Å². The number of methoxy groups -OCH3 is 1. The average Bonchev–Trinajstić information content (AvgIpc) is 2.52. The van der Waals surface area contributed by atoms with Crippen LogP contribution < -0.4 is 15.6 Å². The van der Waals surface area contributed by atoms with Crippen LogP contribution in [0.25, 0.3) is 0 Å². The lowest BCUT2D eigenvalue weighted by atomic mass is 10.2. The van der Waals surface area contributed by atoms with Crippen LogP contribution in [0.3, 0.4) is 0 Å². The van der Waals surface area contributed by atoms with E-state index in [0.29, 0.717) is 11.1 Å². The molecule has 0 aromatic heterocycles. The predicted molar refractivity (Wildman–Crippen MR) is 79.3 cm³/mol. The molecular weight excluding hydrogens is 330 g/mol. The lowest BCUT2D eigenvalue weighted by Crippen LogP contribution is -2.42. The Labute approximate surface area is 135 Å². The molecule has 2 aromatic rings. The van der Waals surface area contributed by atoms with Crippen molar-refractivity contribution >= 4 is 23.4 Å². The monoisotopic (exact) mass is 340 g/mol. The topological polar surface area (TPSA) is 67.4 Å². The fraction of sp³-hybridized carbons (Fsp3) is 0.0667. The van der Waals surface area contributed by atoms with Gasteiger partial charge in [0.1, 0.15) is 17.4 Å². The first-order chi connectivity index (χ1) is 10.9. The second-order valence-electron chi connectivity index (χ2n) is 4.38. The molecule has 0 fully saturated rings. The van der Waals surface area contributed by atoms with Crippen molar-refractivity contribution < 1.29 is 23.1 Å². The smallest absolute Gasteiger partial charge is 0.273 e. The van der Waals surface area contributed by atoms with Crippen molar-refractivity contribution in [2.75, 3.05) is 7.11 Å². The van der Waals surface area contributed by atoms with E-state index in [0.717, 1.165) is 12.1 Å². The van der Waals surface area contributed by atoms with Gasteiger partial charge in [-0.05, 0) is 30.3 Å². The Hall–Kier alpha value is -2.67. The van der Waals surface area contributed by atoms with Crippen LogP contribution in [0.15, 0.2) is 36.4 Å². The van der Waals surface area contributed by atoms with Crippen LogP contribution in [0.4, 0.5) is 8.78 Å². The standard InChI is InChI=1S/C15H11ClF2N2O3/c1-23-13-6-8(16)2-4-11(13)15(22)20-19-14(21)10-5-3-9(17)7-12(10)18/h2-7H,1H3,(H,19,21)(H,20,22). The number of benzene rings is 2. The first kappa shape index (κ1) is 16.7. The molecule has 0 heterocycles. The van der Waals surface area contributed by atoms with E-state index in [1.165, 1.54) is 25.3 Å². The molecule has 0 aliphatic heterocycles. The normalized spacial score (nSPS) is 10.1. The fourth-order valence-corrected chi connectivity index (χ4v) is 1.94. The highest BCUT2D eigenvalue weighted by atomic mass is 35.5. The predicted octanol–water partition coefficient (Wildman–Crippen LogP) is 2.70. The van der Waals surface area contributed by atoms with Gasteiger partial charge in [0, 0.05) is 11.1 Å². The van der Waals surface area contributed by atoms with Crippen LogP contribution in [0.5, 0.6) is 5.75 Å². The summed E-state index contributed by atoms with van der Waals surface area (Å²) in [5.41, 5.74) is 3.86. The van der Waals surface area contributed by atoms with Crippen LogP contribution in [0.2, 0.25) is 5.02 Å². The van der Waals surface area contributed by atoms with Crippen molar-refractivity contribution in [3.8, 4) is 5.75 Å². The van der Waals surface area contributed by atoms with Crippen molar-refractivity contribution in [2.24, 2.45) is 0 Å². The van der Waals surface area contributed by atoms with E-state index in [-0.39, 0.29) is 11.3 Å². The van der Waals surface area contributed by atoms with Crippen LogP contribution >= 0.6 is 11.6 Å². The van der Waals surface area contributed by atoms with E-state index < -0.39 is 29.0 Å². The third-order valence-corrected chi connectivity index (χ3v) is 3.11. The molecule has 2 N–H and O–H groups in total. The van der Waals surface area contributed by atoms with Gasteiger partial charge in [-0.25, -0.2) is 8.78 Å². The van der Waals surface area contributed by atoms with Gasteiger partial charge in [-0.3, -0.25) is 20.4 Å². The average molecular weight is 341 g/mol. The van der Waals surface area contributed by atoms with Crippen molar-refractivity contribution in [1.29, 1.82) is 0 Å². The van der Waals surface area contributed by atoms with Gasteiger partial charge in [0.05, 0.1) is 18.2 Å². The summed E-state index contributed by atoms with van der Waals surface area (Å²) in [5.74, 6) is -3.26. The highest BCUT2D eigenvalue weighted by molar-refractivity contribution is 6.30. The molecule has 0 saturated carbocycles. The molecule has 0 aliphatic rings. The van der Waals surface area contributed by atoms with E-state index in [4.69, 9.17) is 16.3 Å². The highest BCUT2D eigenvalue weighted by Gasteiger charge is 2.16. The third kappa shape index (κ3) is 3.95. The molecule has 0 saturated heterocycles. The van der Waals surface area contributed by atoms with E-state index in [1.807, 2.05) is 5.43 Å². The summed E-state index contributed by atoms with van der Waals surface area (Å²) in [7, 11) is 1.36. The van der Waals surface area contributed by atoms with Crippen molar-refractivity contribution in [3.05, 3.63) is 64.2 Å². The number of halogens is 3. The van der Waals surface area contributed by atoms with Gasteiger partial charge >= 0.3 is 0 Å². The maximum atomic E-state index is 13.5. The minimum Gasteiger partial charge on any atom is -0.496 e. The van der Waals surface area contributed by atoms with Gasteiger partial charge in [-0.1, -0.05) is 11.6 Å². The number of hydrogen-bond donors (Lipinski definition) is 2. The number of hydrogen-bond acceptors (Lipinski definition) is 3. The van der Waals surface area contributed by atoms with Gasteiger partial charge in [-0.2, -0.15) is 0 Å². The van der Waals surface area contributed by atoms with E-state index >= 15 is 0 Å². The van der Waals surface area contributed by atoms with Crippen LogP contribution in [-0.2, 0) is 0 Å². The van der Waals surface area contributed by atoms with E-state index in [1.54, 1.807) is 0 Å². The lowest BCUT2D eigenvalue weighted by molar-refractivity contribution is 0.0842. The molecule has 23 heavy (non-hydrogen) atoms. The second-order valence-corrected chi connectivity index (χ2v) is 4.81. The zero-order valence-electron chi connectivity index (χ0n) is 11.8. The summed E-state index contributed by atoms with van der Waals surface area (Å²) in [6.07, 6.45) is 0. The first-order valence-electron chi connectivity index (χ1n) is 6.31. The van der Waals surface area contributed by atoms with Gasteiger partial charge in [0.2, 0.25) is 0 Å². The van der Waals surface area contributed by atoms with E-state index in [9.17, 15) is 18.4 Å². The maximum absolute atomic E-state index is 13.5. The summed E-state index contributed by atoms with van der Waals surface area (Å²) >= 11 is 5.78. The molecule has 2 amide bonds. The molecule has 2 rings (SSSR count). The zero-order valence-corrected chi connectivity index (χ0v) is 12.6. The number of carbonyl (C=O) groups excluding carboxylic acids is 2. The van der Waals surface area contributed by atoms with Crippen molar-refractivity contribution in [1.82, 2.24) is 10.9 Å². The summed E-state index contributed by atoms with van der Waals surface area (Å²) < 4.78 is 31.3. The Morgan fingerprint density at radius 3 is 2.22 bits per heavy atom. The lowest BCUT2D eigenvalue weighted by Gasteiger charge is -2.11. The molecule has 0 aliphatic carbocycles. The van der Waals surface area contributed by atoms with Crippen LogP contribution in [-0.4, -0.2) is 18.9 Å². The highest BCUT2D eigenvalue weighted by Crippen LogP contribution is 2.22. The molecule has 0 spiro atoms. The zero-order chi connectivity index (χ0) is 17.0. The number of rotatable bonds is 3. The number of carbonyl (C=O) groups is 2. The molecule has 0 radical (unpaired) electrons. The Morgan fingerprint density at radius 1 is 1.00 bits per heavy atom. The Balaban J connectivity index is 2.08. The molecule has 8 heteroatoms. The molecule has 0 bridgehead atoms. The van der Waals surface area contributed by atoms with Crippen LogP contribution in [0, 0.1) is 11.6 Å². The van der Waals surface area contributed by atoms with Gasteiger partial charge < -0.3 is 4.74 Å². The number of amides is 2. The third-order valence-electron chi connectivity index (χ3n) is 2.87. The molecule has 120 valence electrons. The SMILES string of the molecule is COc1cc(Cl)ccc1C(=O)NNC(=O)c1ccc(F)cc1F. The molecule has 0 unspecified atom stereocenters. The molecule has 0 atom stereocenters. The number of hydrazine groups is 1. The maximum Gasteiger partial charge on any atom is 0.273 e. The van der Waals surface area contributed by atoms with E-state index in [2.05, 4.69) is 5.43 Å². The summed E-state index contributed by atoms with van der Waals surface area (Å²) in [5, 5.41) is 0.371. The Bertz CT molecular complexity index is 768. The van der Waals surface area contributed by atoms with Crippen molar-refractivity contribution in [2.45, 2.75) is 0 Å². The molecule has 2 aromatic carbocycles. The quantitative estimate of drug-likeness (QED) is 0.844. The number of nitrogens with one attached hydrogen (secondary N) is 2. The van der Waals surface area contributed by atoms with Crippen molar-refractivity contribution in [3.63, 3.8) is 0 Å². The first-order valence-corrected chi connectivity index (χ1v) is 6.69. The fourth-order valence-electron chi connectivity index (χ4n) is 1.77.